The fourth-order valence-corrected chi connectivity index (χ4v) is 3.01. The van der Waals surface area contributed by atoms with Gasteiger partial charge in [0.15, 0.2) is 0 Å². The molecule has 0 aliphatic rings. The normalized spacial score (nSPS) is 13.1. The van der Waals surface area contributed by atoms with Crippen LogP contribution in [0.1, 0.15) is 25.0 Å². The summed E-state index contributed by atoms with van der Waals surface area (Å²) in [7, 11) is 2.98. The highest BCUT2D eigenvalue weighted by atomic mass is 16.7. The van der Waals surface area contributed by atoms with Crippen molar-refractivity contribution >= 4 is 5.97 Å². The van der Waals surface area contributed by atoms with Crippen LogP contribution in [0.3, 0.4) is 0 Å². The Labute approximate surface area is 166 Å². The van der Waals surface area contributed by atoms with Gasteiger partial charge in [-0.25, -0.2) is 4.79 Å². The van der Waals surface area contributed by atoms with Gasteiger partial charge in [-0.15, -0.1) is 0 Å². The molecule has 6 nitrogen and oxygen atoms in total. The molecular formula is C22H28O6. The molecule has 0 saturated heterocycles. The highest BCUT2D eigenvalue weighted by Gasteiger charge is 2.45. The van der Waals surface area contributed by atoms with Crippen LogP contribution in [0.5, 0.6) is 0 Å². The second-order valence-corrected chi connectivity index (χ2v) is 5.97. The number of carbonyl (C=O) groups is 1. The summed E-state index contributed by atoms with van der Waals surface area (Å²) in [6.45, 7) is 4.38. The maximum absolute atomic E-state index is 12.8. The molecule has 1 atom stereocenters. The second kappa shape index (κ2) is 10.9. The van der Waals surface area contributed by atoms with Crippen molar-refractivity contribution in [3.63, 3.8) is 0 Å². The molecule has 0 fully saturated rings. The molecule has 0 aromatic heterocycles. The first kappa shape index (κ1) is 22.0. The van der Waals surface area contributed by atoms with Gasteiger partial charge in [-0.1, -0.05) is 42.5 Å². The Morgan fingerprint density at radius 1 is 0.964 bits per heavy atom. The maximum Gasteiger partial charge on any atom is 0.372 e. The van der Waals surface area contributed by atoms with Crippen LogP contribution < -0.4 is 0 Å². The molecule has 0 aliphatic carbocycles. The molecule has 1 unspecified atom stereocenters. The topological polar surface area (TPSA) is 63.2 Å². The van der Waals surface area contributed by atoms with E-state index in [0.29, 0.717) is 5.56 Å². The SMILES string of the molecule is CCOC(=O)C(OC)(OCC)c1ccc(-c2ccccc2)cc1COCOC. The number of ether oxygens (including phenoxy) is 5. The zero-order valence-corrected chi connectivity index (χ0v) is 16.9. The molecule has 2 aromatic carbocycles. The first-order chi connectivity index (χ1) is 13.6. The van der Waals surface area contributed by atoms with Crippen LogP contribution in [0.25, 0.3) is 11.1 Å². The molecule has 0 aliphatic heterocycles. The minimum absolute atomic E-state index is 0.128. The third-order valence-corrected chi connectivity index (χ3v) is 4.20. The maximum atomic E-state index is 12.8. The smallest absolute Gasteiger partial charge is 0.372 e. The average Bonchev–Trinajstić information content (AvgIpc) is 2.73. The number of hydrogen-bond donors (Lipinski definition) is 0. The van der Waals surface area contributed by atoms with Crippen LogP contribution in [-0.2, 0) is 40.9 Å². The van der Waals surface area contributed by atoms with Crippen molar-refractivity contribution < 1.29 is 28.5 Å². The van der Waals surface area contributed by atoms with Gasteiger partial charge in [0.2, 0.25) is 0 Å². The predicted molar refractivity (Wildman–Crippen MR) is 105 cm³/mol. The number of hydrogen-bond acceptors (Lipinski definition) is 6. The molecule has 152 valence electrons. The van der Waals surface area contributed by atoms with Crippen molar-refractivity contribution in [3.05, 3.63) is 59.7 Å². The van der Waals surface area contributed by atoms with E-state index in [4.69, 9.17) is 23.7 Å². The Morgan fingerprint density at radius 2 is 1.71 bits per heavy atom. The molecule has 2 rings (SSSR count). The van der Waals surface area contributed by atoms with Crippen LogP contribution in [-0.4, -0.2) is 40.2 Å². The Hall–Kier alpha value is -2.25. The molecule has 0 bridgehead atoms. The number of methoxy groups -OCH3 is 2. The van der Waals surface area contributed by atoms with Crippen LogP contribution in [0, 0.1) is 0 Å². The van der Waals surface area contributed by atoms with Crippen LogP contribution in [0.15, 0.2) is 48.5 Å². The third kappa shape index (κ3) is 4.97. The van der Waals surface area contributed by atoms with E-state index in [1.54, 1.807) is 21.0 Å². The largest absolute Gasteiger partial charge is 0.462 e. The number of benzene rings is 2. The fraction of sp³-hybridized carbons (Fsp3) is 0.409. The first-order valence-electron chi connectivity index (χ1n) is 9.24. The Balaban J connectivity index is 2.56. The Kier molecular flexibility index (Phi) is 8.60. The lowest BCUT2D eigenvalue weighted by Crippen LogP contribution is -2.43. The lowest BCUT2D eigenvalue weighted by atomic mass is 9.94. The van der Waals surface area contributed by atoms with E-state index in [1.165, 1.54) is 7.11 Å². The van der Waals surface area contributed by atoms with Gasteiger partial charge in [-0.3, -0.25) is 0 Å². The van der Waals surface area contributed by atoms with Crippen molar-refractivity contribution in [3.8, 4) is 11.1 Å². The fourth-order valence-electron chi connectivity index (χ4n) is 3.01. The molecule has 2 aromatic rings. The molecule has 0 N–H and O–H groups in total. The lowest BCUT2D eigenvalue weighted by Gasteiger charge is -2.31. The molecule has 0 amide bonds. The molecule has 28 heavy (non-hydrogen) atoms. The summed E-state index contributed by atoms with van der Waals surface area (Å²) < 4.78 is 27.2. The quantitative estimate of drug-likeness (QED) is 0.331. The summed E-state index contributed by atoms with van der Waals surface area (Å²) in [6.07, 6.45) is 0. The minimum atomic E-state index is -1.66. The van der Waals surface area contributed by atoms with E-state index < -0.39 is 11.8 Å². The average molecular weight is 388 g/mol. The summed E-state index contributed by atoms with van der Waals surface area (Å²) in [6, 6.07) is 15.7. The highest BCUT2D eigenvalue weighted by Crippen LogP contribution is 2.34. The van der Waals surface area contributed by atoms with E-state index in [9.17, 15) is 4.79 Å². The Morgan fingerprint density at radius 3 is 2.32 bits per heavy atom. The van der Waals surface area contributed by atoms with Crippen molar-refractivity contribution in [2.75, 3.05) is 34.2 Å². The number of esters is 1. The highest BCUT2D eigenvalue weighted by molar-refractivity contribution is 5.81. The molecule has 0 saturated carbocycles. The first-order valence-corrected chi connectivity index (χ1v) is 9.24. The van der Waals surface area contributed by atoms with Gasteiger partial charge in [0.25, 0.3) is 5.79 Å². The van der Waals surface area contributed by atoms with Crippen LogP contribution in [0.4, 0.5) is 0 Å². The van der Waals surface area contributed by atoms with E-state index in [2.05, 4.69) is 0 Å². The van der Waals surface area contributed by atoms with Gasteiger partial charge >= 0.3 is 5.97 Å². The van der Waals surface area contributed by atoms with Crippen molar-refractivity contribution in [2.24, 2.45) is 0 Å². The van der Waals surface area contributed by atoms with Crippen molar-refractivity contribution in [1.29, 1.82) is 0 Å². The molecular weight excluding hydrogens is 360 g/mol. The standard InChI is InChI=1S/C22H28O6/c1-5-27-21(23)22(25-4,28-6-2)20-13-12-18(17-10-8-7-9-11-17)14-19(20)15-26-16-24-3/h7-14H,5-6,15-16H2,1-4H3. The zero-order chi connectivity index (χ0) is 20.4. The number of carbonyl (C=O) groups excluding carboxylic acids is 1. The molecule has 0 radical (unpaired) electrons. The van der Waals surface area contributed by atoms with E-state index in [-0.39, 0.29) is 26.6 Å². The van der Waals surface area contributed by atoms with Gasteiger partial charge in [0, 0.05) is 26.4 Å². The number of rotatable bonds is 11. The predicted octanol–water partition coefficient (Wildman–Crippen LogP) is 3.87. The van der Waals surface area contributed by atoms with Crippen molar-refractivity contribution in [2.45, 2.75) is 26.2 Å². The zero-order valence-electron chi connectivity index (χ0n) is 16.9. The Bertz CT molecular complexity index is 746. The summed E-state index contributed by atoms with van der Waals surface area (Å²) in [5, 5.41) is 0. The van der Waals surface area contributed by atoms with Gasteiger partial charge in [-0.2, -0.15) is 0 Å². The van der Waals surface area contributed by atoms with E-state index in [0.717, 1.165) is 16.7 Å². The third-order valence-electron chi connectivity index (χ3n) is 4.20. The van der Waals surface area contributed by atoms with Crippen molar-refractivity contribution in [1.82, 2.24) is 0 Å². The molecule has 0 heterocycles. The monoisotopic (exact) mass is 388 g/mol. The van der Waals surface area contributed by atoms with Crippen LogP contribution >= 0.6 is 0 Å². The summed E-state index contributed by atoms with van der Waals surface area (Å²) in [5.41, 5.74) is 3.34. The van der Waals surface area contributed by atoms with Gasteiger partial charge in [-0.05, 0) is 36.6 Å². The second-order valence-electron chi connectivity index (χ2n) is 5.97. The summed E-state index contributed by atoms with van der Waals surface area (Å²) in [5.74, 6) is -2.26. The van der Waals surface area contributed by atoms with Gasteiger partial charge < -0.3 is 23.7 Å². The minimum Gasteiger partial charge on any atom is -0.462 e. The molecule has 6 heteroatoms. The van der Waals surface area contributed by atoms with Gasteiger partial charge in [0.05, 0.1) is 13.2 Å². The summed E-state index contributed by atoms with van der Waals surface area (Å²) in [4.78, 5) is 12.8. The molecule has 0 spiro atoms. The van der Waals surface area contributed by atoms with E-state index >= 15 is 0 Å². The summed E-state index contributed by atoms with van der Waals surface area (Å²) >= 11 is 0. The lowest BCUT2D eigenvalue weighted by molar-refractivity contribution is -0.244. The van der Waals surface area contributed by atoms with E-state index in [1.807, 2.05) is 48.5 Å². The van der Waals surface area contributed by atoms with Crippen LogP contribution in [0.2, 0.25) is 0 Å². The van der Waals surface area contributed by atoms with Gasteiger partial charge in [0.1, 0.15) is 6.79 Å².